The molecule has 0 atom stereocenters. The van der Waals surface area contributed by atoms with Gasteiger partial charge in [-0.15, -0.1) is 0 Å². The van der Waals surface area contributed by atoms with E-state index < -0.39 is 5.97 Å². The lowest BCUT2D eigenvalue weighted by Crippen LogP contribution is -2.26. The first-order valence-electron chi connectivity index (χ1n) is 6.68. The molecule has 1 amide bonds. The van der Waals surface area contributed by atoms with Gasteiger partial charge in [0, 0.05) is 17.7 Å². The van der Waals surface area contributed by atoms with Crippen molar-refractivity contribution in [2.45, 2.75) is 25.3 Å². The van der Waals surface area contributed by atoms with Crippen LogP contribution in [0.3, 0.4) is 0 Å². The molecule has 1 fully saturated rings. The minimum atomic E-state index is -1.05. The molecule has 1 saturated carbocycles. The van der Waals surface area contributed by atoms with Gasteiger partial charge in [0.2, 0.25) is 5.91 Å². The maximum atomic E-state index is 11.6. The minimum absolute atomic E-state index is 0.0489. The average molecular weight is 310 g/mol. The van der Waals surface area contributed by atoms with Crippen LogP contribution in [0.4, 0.5) is 0 Å². The lowest BCUT2D eigenvalue weighted by atomic mass is 10.2. The number of carbonyl (C=O) groups is 2. The number of rotatable bonds is 7. The molecule has 6 heteroatoms. The molecule has 1 aromatic rings. The van der Waals surface area contributed by atoms with Crippen molar-refractivity contribution in [2.24, 2.45) is 0 Å². The van der Waals surface area contributed by atoms with E-state index in [1.54, 1.807) is 18.2 Å². The van der Waals surface area contributed by atoms with Crippen molar-refractivity contribution < 1.29 is 19.4 Å². The fourth-order valence-electron chi connectivity index (χ4n) is 1.74. The number of carboxylic acid groups (broad SMARTS) is 1. The zero-order valence-corrected chi connectivity index (χ0v) is 12.1. The third kappa shape index (κ3) is 5.11. The molecule has 5 nitrogen and oxygen atoms in total. The molecular formula is C15H16ClNO4. The predicted octanol–water partition coefficient (Wildman–Crippen LogP) is 2.49. The van der Waals surface area contributed by atoms with Gasteiger partial charge in [-0.2, -0.15) is 0 Å². The summed E-state index contributed by atoms with van der Waals surface area (Å²) < 4.78 is 5.54. The average Bonchev–Trinajstić information content (AvgIpc) is 3.22. The molecule has 112 valence electrons. The van der Waals surface area contributed by atoms with E-state index in [0.29, 0.717) is 22.4 Å². The summed E-state index contributed by atoms with van der Waals surface area (Å²) in [7, 11) is 0. The molecule has 0 unspecified atom stereocenters. The molecule has 1 aliphatic carbocycles. The summed E-state index contributed by atoms with van der Waals surface area (Å²) in [6.45, 7) is 0.191. The number of carboxylic acids is 1. The molecule has 2 N–H and O–H groups in total. The standard InChI is InChI=1S/C15H16ClNO4/c16-12-3-1-2-10(4-7-14(19)20)15(12)21-9-8-13(18)17-11-5-6-11/h1-4,7,11H,5-6,8-9H2,(H,17,18)(H,19,20)/b7-4+. The number of hydrogen-bond donors (Lipinski definition) is 2. The van der Waals surface area contributed by atoms with E-state index in [4.69, 9.17) is 21.4 Å². The van der Waals surface area contributed by atoms with Gasteiger partial charge in [-0.25, -0.2) is 4.79 Å². The maximum Gasteiger partial charge on any atom is 0.328 e. The van der Waals surface area contributed by atoms with Crippen LogP contribution in [0.2, 0.25) is 5.02 Å². The van der Waals surface area contributed by atoms with Crippen LogP contribution in [0, 0.1) is 0 Å². The monoisotopic (exact) mass is 309 g/mol. The highest BCUT2D eigenvalue weighted by Crippen LogP contribution is 2.29. The Morgan fingerprint density at radius 1 is 1.43 bits per heavy atom. The first kappa shape index (κ1) is 15.4. The number of hydrogen-bond acceptors (Lipinski definition) is 3. The van der Waals surface area contributed by atoms with Crippen molar-refractivity contribution in [1.82, 2.24) is 5.32 Å². The fraction of sp³-hybridized carbons (Fsp3) is 0.333. The van der Waals surface area contributed by atoms with Crippen LogP contribution in [-0.2, 0) is 9.59 Å². The van der Waals surface area contributed by atoms with Gasteiger partial charge in [0.25, 0.3) is 0 Å². The van der Waals surface area contributed by atoms with Crippen molar-refractivity contribution in [3.05, 3.63) is 34.9 Å². The molecular weight excluding hydrogens is 294 g/mol. The lowest BCUT2D eigenvalue weighted by Gasteiger charge is -2.11. The number of benzene rings is 1. The lowest BCUT2D eigenvalue weighted by molar-refractivity contribution is -0.131. The van der Waals surface area contributed by atoms with Crippen LogP contribution in [0.15, 0.2) is 24.3 Å². The van der Waals surface area contributed by atoms with E-state index in [1.165, 1.54) is 6.08 Å². The molecule has 1 aromatic carbocycles. The normalized spacial score (nSPS) is 14.1. The van der Waals surface area contributed by atoms with Crippen molar-refractivity contribution in [3.8, 4) is 5.75 Å². The second-order valence-electron chi connectivity index (χ2n) is 4.77. The fourth-order valence-corrected chi connectivity index (χ4v) is 1.98. The van der Waals surface area contributed by atoms with Gasteiger partial charge in [-0.3, -0.25) is 4.79 Å². The molecule has 0 saturated heterocycles. The summed E-state index contributed by atoms with van der Waals surface area (Å²) in [6, 6.07) is 5.38. The maximum absolute atomic E-state index is 11.6. The third-order valence-corrected chi connectivity index (χ3v) is 3.22. The van der Waals surface area contributed by atoms with Gasteiger partial charge >= 0.3 is 5.97 Å². The summed E-state index contributed by atoms with van der Waals surface area (Å²) in [5, 5.41) is 11.9. The number of carbonyl (C=O) groups excluding carboxylic acids is 1. The van der Waals surface area contributed by atoms with Crippen LogP contribution in [0.1, 0.15) is 24.8 Å². The van der Waals surface area contributed by atoms with E-state index in [-0.39, 0.29) is 18.9 Å². The predicted molar refractivity (Wildman–Crippen MR) is 79.4 cm³/mol. The van der Waals surface area contributed by atoms with E-state index in [2.05, 4.69) is 5.32 Å². The van der Waals surface area contributed by atoms with Crippen LogP contribution in [0.25, 0.3) is 6.08 Å². The Balaban J connectivity index is 1.94. The second kappa shape index (κ2) is 7.13. The summed E-state index contributed by atoms with van der Waals surface area (Å²) >= 11 is 6.05. The van der Waals surface area contributed by atoms with E-state index in [9.17, 15) is 9.59 Å². The molecule has 0 radical (unpaired) electrons. The summed E-state index contributed by atoms with van der Waals surface area (Å²) in [5.41, 5.74) is 0.563. The topological polar surface area (TPSA) is 75.6 Å². The molecule has 1 aliphatic rings. The van der Waals surface area contributed by atoms with Gasteiger partial charge in [-0.05, 0) is 25.0 Å². The zero-order valence-electron chi connectivity index (χ0n) is 11.3. The van der Waals surface area contributed by atoms with Gasteiger partial charge in [0.05, 0.1) is 18.1 Å². The molecule has 0 bridgehead atoms. The van der Waals surface area contributed by atoms with Gasteiger partial charge in [0.1, 0.15) is 5.75 Å². The third-order valence-electron chi connectivity index (χ3n) is 2.92. The van der Waals surface area contributed by atoms with Crippen LogP contribution < -0.4 is 10.1 Å². The highest BCUT2D eigenvalue weighted by Gasteiger charge is 2.22. The largest absolute Gasteiger partial charge is 0.491 e. The number of aliphatic carboxylic acids is 1. The van der Waals surface area contributed by atoms with E-state index in [0.717, 1.165) is 18.9 Å². The summed E-state index contributed by atoms with van der Waals surface area (Å²) in [5.74, 6) is -0.715. The van der Waals surface area contributed by atoms with Gasteiger partial charge in [-0.1, -0.05) is 23.7 Å². The van der Waals surface area contributed by atoms with Crippen molar-refractivity contribution >= 4 is 29.6 Å². The number of ether oxygens (including phenoxy) is 1. The smallest absolute Gasteiger partial charge is 0.328 e. The summed E-state index contributed by atoms with van der Waals surface area (Å²) in [6.07, 6.45) is 4.75. The van der Waals surface area contributed by atoms with Crippen molar-refractivity contribution in [1.29, 1.82) is 0 Å². The molecule has 2 rings (SSSR count). The van der Waals surface area contributed by atoms with Gasteiger partial charge < -0.3 is 15.2 Å². The summed E-state index contributed by atoms with van der Waals surface area (Å²) in [4.78, 5) is 22.1. The Bertz CT molecular complexity index is 567. The molecule has 0 heterocycles. The van der Waals surface area contributed by atoms with Crippen molar-refractivity contribution in [2.75, 3.05) is 6.61 Å². The minimum Gasteiger partial charge on any atom is -0.491 e. The molecule has 0 spiro atoms. The quantitative estimate of drug-likeness (QED) is 0.759. The van der Waals surface area contributed by atoms with Crippen LogP contribution in [0.5, 0.6) is 5.75 Å². The van der Waals surface area contributed by atoms with Crippen LogP contribution >= 0.6 is 11.6 Å². The number of halogens is 1. The number of para-hydroxylation sites is 1. The number of nitrogens with one attached hydrogen (secondary N) is 1. The number of amides is 1. The Morgan fingerprint density at radius 2 is 2.19 bits per heavy atom. The van der Waals surface area contributed by atoms with E-state index in [1.807, 2.05) is 0 Å². The first-order valence-corrected chi connectivity index (χ1v) is 7.06. The first-order chi connectivity index (χ1) is 10.1. The highest BCUT2D eigenvalue weighted by atomic mass is 35.5. The van der Waals surface area contributed by atoms with Crippen LogP contribution in [-0.4, -0.2) is 29.6 Å². The Morgan fingerprint density at radius 3 is 2.86 bits per heavy atom. The molecule has 0 aromatic heterocycles. The van der Waals surface area contributed by atoms with Crippen molar-refractivity contribution in [3.63, 3.8) is 0 Å². The Labute approximate surface area is 127 Å². The van der Waals surface area contributed by atoms with Gasteiger partial charge in [0.15, 0.2) is 0 Å². The Hall–Kier alpha value is -2.01. The molecule has 0 aliphatic heterocycles. The SMILES string of the molecule is O=C(O)/C=C/c1cccc(Cl)c1OCCC(=O)NC1CC1. The van der Waals surface area contributed by atoms with E-state index >= 15 is 0 Å². The molecule has 21 heavy (non-hydrogen) atoms. The zero-order chi connectivity index (χ0) is 15.2. The second-order valence-corrected chi connectivity index (χ2v) is 5.18. The Kier molecular flexibility index (Phi) is 5.22. The highest BCUT2D eigenvalue weighted by molar-refractivity contribution is 6.32.